The topological polar surface area (TPSA) is 52.6 Å². The second kappa shape index (κ2) is 8.35. The Bertz CT molecular complexity index is 812. The van der Waals surface area contributed by atoms with Gasteiger partial charge in [-0.15, -0.1) is 10.2 Å². The van der Waals surface area contributed by atoms with E-state index in [1.165, 1.54) is 0 Å². The molecule has 2 aliphatic heterocycles. The molecule has 4 rings (SSSR count). The van der Waals surface area contributed by atoms with Crippen LogP contribution in [0.25, 0.3) is 0 Å². The molecule has 2 saturated heterocycles. The molecule has 0 atom stereocenters. The van der Waals surface area contributed by atoms with Crippen LogP contribution >= 0.6 is 11.6 Å². The molecular weight excluding hydrogens is 374 g/mol. The molecule has 0 aliphatic carbocycles. The zero-order chi connectivity index (χ0) is 19.5. The van der Waals surface area contributed by atoms with Gasteiger partial charge in [0.1, 0.15) is 0 Å². The Morgan fingerprint density at radius 3 is 2.32 bits per heavy atom. The van der Waals surface area contributed by atoms with Crippen molar-refractivity contribution < 1.29 is 4.79 Å². The van der Waals surface area contributed by atoms with Crippen molar-refractivity contribution in [2.24, 2.45) is 5.92 Å². The number of likely N-dealkylation sites (tertiary alicyclic amines) is 1. The van der Waals surface area contributed by atoms with Gasteiger partial charge in [-0.05, 0) is 49.1 Å². The standard InChI is InChI=1S/C21H26ClN5O/c1-16-7-9-27(10-8-16)21(28)19-5-6-20(24-23-19)26-13-11-25(12-14-26)18-4-2-3-17(22)15-18/h2-6,15-16H,7-14H2,1H3. The monoisotopic (exact) mass is 399 g/mol. The molecule has 0 bridgehead atoms. The van der Waals surface area contributed by atoms with Crippen LogP contribution in [0.2, 0.25) is 5.02 Å². The lowest BCUT2D eigenvalue weighted by molar-refractivity contribution is 0.0690. The van der Waals surface area contributed by atoms with E-state index in [1.807, 2.05) is 35.2 Å². The number of nitrogens with zero attached hydrogens (tertiary/aromatic N) is 5. The smallest absolute Gasteiger partial charge is 0.274 e. The molecule has 148 valence electrons. The van der Waals surface area contributed by atoms with Gasteiger partial charge in [-0.2, -0.15) is 0 Å². The molecule has 1 amide bonds. The maximum absolute atomic E-state index is 12.6. The van der Waals surface area contributed by atoms with Crippen molar-refractivity contribution in [3.05, 3.63) is 47.1 Å². The van der Waals surface area contributed by atoms with E-state index >= 15 is 0 Å². The highest BCUT2D eigenvalue weighted by Crippen LogP contribution is 2.22. The molecular formula is C21H26ClN5O. The fraction of sp³-hybridized carbons (Fsp3) is 0.476. The SMILES string of the molecule is CC1CCN(C(=O)c2ccc(N3CCN(c4cccc(Cl)c4)CC3)nn2)CC1. The Labute approximate surface area is 171 Å². The predicted molar refractivity (Wildman–Crippen MR) is 112 cm³/mol. The summed E-state index contributed by atoms with van der Waals surface area (Å²) in [6.07, 6.45) is 2.13. The van der Waals surface area contributed by atoms with E-state index in [9.17, 15) is 4.79 Å². The lowest BCUT2D eigenvalue weighted by atomic mass is 9.99. The number of carbonyl (C=O) groups is 1. The van der Waals surface area contributed by atoms with Crippen molar-refractivity contribution >= 4 is 29.0 Å². The summed E-state index contributed by atoms with van der Waals surface area (Å²) in [5, 5.41) is 9.32. The van der Waals surface area contributed by atoms with E-state index in [1.54, 1.807) is 0 Å². The average molecular weight is 400 g/mol. The van der Waals surface area contributed by atoms with Crippen molar-refractivity contribution in [1.82, 2.24) is 15.1 Å². The van der Waals surface area contributed by atoms with Crippen LogP contribution in [-0.2, 0) is 0 Å². The Hall–Kier alpha value is -2.34. The molecule has 0 unspecified atom stereocenters. The molecule has 2 aromatic rings. The number of halogens is 1. The largest absolute Gasteiger partial charge is 0.368 e. The Morgan fingerprint density at radius 1 is 0.964 bits per heavy atom. The Kier molecular flexibility index (Phi) is 5.67. The van der Waals surface area contributed by atoms with Crippen LogP contribution < -0.4 is 9.80 Å². The van der Waals surface area contributed by atoms with Crippen LogP contribution in [0, 0.1) is 5.92 Å². The third-order valence-electron chi connectivity index (χ3n) is 5.72. The van der Waals surface area contributed by atoms with Gasteiger partial charge in [0.25, 0.3) is 5.91 Å². The van der Waals surface area contributed by atoms with Crippen LogP contribution in [-0.4, -0.2) is 60.3 Å². The molecule has 1 aromatic heterocycles. The number of rotatable bonds is 3. The number of benzene rings is 1. The van der Waals surface area contributed by atoms with Crippen molar-refractivity contribution in [3.8, 4) is 0 Å². The number of aromatic nitrogens is 2. The van der Waals surface area contributed by atoms with Crippen molar-refractivity contribution in [3.63, 3.8) is 0 Å². The van der Waals surface area contributed by atoms with Crippen LogP contribution in [0.5, 0.6) is 0 Å². The van der Waals surface area contributed by atoms with Crippen LogP contribution in [0.4, 0.5) is 11.5 Å². The fourth-order valence-electron chi connectivity index (χ4n) is 3.85. The zero-order valence-electron chi connectivity index (χ0n) is 16.2. The van der Waals surface area contributed by atoms with E-state index in [4.69, 9.17) is 11.6 Å². The van der Waals surface area contributed by atoms with Crippen LogP contribution in [0.1, 0.15) is 30.3 Å². The lowest BCUT2D eigenvalue weighted by Gasteiger charge is -2.36. The molecule has 7 heteroatoms. The molecule has 0 N–H and O–H groups in total. The van der Waals surface area contributed by atoms with E-state index in [2.05, 4.69) is 33.0 Å². The van der Waals surface area contributed by atoms with Gasteiger partial charge >= 0.3 is 0 Å². The van der Waals surface area contributed by atoms with Gasteiger partial charge in [0.05, 0.1) is 0 Å². The summed E-state index contributed by atoms with van der Waals surface area (Å²) in [7, 11) is 0. The molecule has 2 fully saturated rings. The third-order valence-corrected chi connectivity index (χ3v) is 5.95. The first kappa shape index (κ1) is 19.0. The summed E-state index contributed by atoms with van der Waals surface area (Å²) in [5.74, 6) is 1.52. The highest BCUT2D eigenvalue weighted by atomic mass is 35.5. The van der Waals surface area contributed by atoms with Gasteiger partial charge in [-0.3, -0.25) is 4.79 Å². The normalized spacial score (nSPS) is 18.4. The number of carbonyl (C=O) groups excluding carboxylic acids is 1. The van der Waals surface area contributed by atoms with Gasteiger partial charge in [-0.1, -0.05) is 24.6 Å². The quantitative estimate of drug-likeness (QED) is 0.792. The first-order valence-electron chi connectivity index (χ1n) is 9.98. The maximum atomic E-state index is 12.6. The number of piperidine rings is 1. The maximum Gasteiger partial charge on any atom is 0.274 e. The first-order chi connectivity index (χ1) is 13.6. The first-order valence-corrected chi connectivity index (χ1v) is 10.4. The number of hydrogen-bond acceptors (Lipinski definition) is 5. The Morgan fingerprint density at radius 2 is 1.68 bits per heavy atom. The summed E-state index contributed by atoms with van der Waals surface area (Å²) in [4.78, 5) is 19.0. The van der Waals surface area contributed by atoms with Gasteiger partial charge in [0.15, 0.2) is 11.5 Å². The molecule has 0 radical (unpaired) electrons. The van der Waals surface area contributed by atoms with Crippen molar-refractivity contribution in [2.75, 3.05) is 49.1 Å². The molecule has 2 aliphatic rings. The fourth-order valence-corrected chi connectivity index (χ4v) is 4.03. The number of anilines is 2. The molecule has 0 spiro atoms. The number of amides is 1. The van der Waals surface area contributed by atoms with Gasteiger partial charge < -0.3 is 14.7 Å². The Balaban J connectivity index is 1.35. The minimum atomic E-state index is -0.00303. The molecule has 28 heavy (non-hydrogen) atoms. The zero-order valence-corrected chi connectivity index (χ0v) is 17.0. The van der Waals surface area contributed by atoms with Gasteiger partial charge in [-0.25, -0.2) is 0 Å². The molecule has 1 aromatic carbocycles. The molecule has 0 saturated carbocycles. The third kappa shape index (κ3) is 4.22. The average Bonchev–Trinajstić information content (AvgIpc) is 2.74. The lowest BCUT2D eigenvalue weighted by Crippen LogP contribution is -2.47. The van der Waals surface area contributed by atoms with E-state index in [0.717, 1.165) is 68.6 Å². The minimum Gasteiger partial charge on any atom is -0.368 e. The highest BCUT2D eigenvalue weighted by Gasteiger charge is 2.23. The summed E-state index contributed by atoms with van der Waals surface area (Å²) in [6.45, 7) is 7.38. The second-order valence-corrected chi connectivity index (χ2v) is 8.14. The van der Waals surface area contributed by atoms with E-state index in [0.29, 0.717) is 11.6 Å². The number of piperazine rings is 1. The minimum absolute atomic E-state index is 0.00303. The summed E-state index contributed by atoms with van der Waals surface area (Å²) < 4.78 is 0. The van der Waals surface area contributed by atoms with Crippen molar-refractivity contribution in [1.29, 1.82) is 0 Å². The van der Waals surface area contributed by atoms with E-state index < -0.39 is 0 Å². The van der Waals surface area contributed by atoms with Crippen LogP contribution in [0.3, 0.4) is 0 Å². The summed E-state index contributed by atoms with van der Waals surface area (Å²) in [6, 6.07) is 11.7. The molecule has 3 heterocycles. The van der Waals surface area contributed by atoms with Gasteiger partial charge in [0.2, 0.25) is 0 Å². The van der Waals surface area contributed by atoms with E-state index in [-0.39, 0.29) is 5.91 Å². The van der Waals surface area contributed by atoms with Crippen LogP contribution in [0.15, 0.2) is 36.4 Å². The predicted octanol–water partition coefficient (Wildman–Crippen LogP) is 3.33. The molecule has 6 nitrogen and oxygen atoms in total. The van der Waals surface area contributed by atoms with Gasteiger partial charge in [0, 0.05) is 50.0 Å². The highest BCUT2D eigenvalue weighted by molar-refractivity contribution is 6.30. The van der Waals surface area contributed by atoms with Crippen molar-refractivity contribution in [2.45, 2.75) is 19.8 Å². The summed E-state index contributed by atoms with van der Waals surface area (Å²) in [5.41, 5.74) is 1.59. The number of hydrogen-bond donors (Lipinski definition) is 0. The second-order valence-electron chi connectivity index (χ2n) is 7.71. The summed E-state index contributed by atoms with van der Waals surface area (Å²) >= 11 is 6.11.